The Balaban J connectivity index is 3.57. The highest BCUT2D eigenvalue weighted by atomic mass is 16.6. The van der Waals surface area contributed by atoms with Crippen molar-refractivity contribution < 1.29 is 24.2 Å². The molecule has 0 amide bonds. The summed E-state index contributed by atoms with van der Waals surface area (Å²) >= 11 is 0. The third-order valence-electron chi connectivity index (χ3n) is 7.56. The first-order valence-electron chi connectivity index (χ1n) is 17.2. The van der Waals surface area contributed by atoms with E-state index < -0.39 is 6.10 Å². The Morgan fingerprint density at radius 2 is 0.925 bits per heavy atom. The van der Waals surface area contributed by atoms with Crippen LogP contribution >= 0.6 is 0 Å². The predicted molar refractivity (Wildman–Crippen MR) is 168 cm³/mol. The van der Waals surface area contributed by atoms with Crippen LogP contribution in [0, 0.1) is 0 Å². The van der Waals surface area contributed by atoms with Gasteiger partial charge in [-0.25, -0.2) is 0 Å². The van der Waals surface area contributed by atoms with Gasteiger partial charge in [-0.1, -0.05) is 142 Å². The molecule has 0 rings (SSSR count). The van der Waals surface area contributed by atoms with E-state index in [4.69, 9.17) is 9.47 Å². The van der Waals surface area contributed by atoms with Gasteiger partial charge in [0.25, 0.3) is 0 Å². The zero-order chi connectivity index (χ0) is 29.4. The maximum absolute atomic E-state index is 12.1. The minimum absolute atomic E-state index is 0.0639. The Labute approximate surface area is 248 Å². The number of carbonyl (C=O) groups excluding carboxylic acids is 2. The molecule has 1 atom stereocenters. The molecule has 0 radical (unpaired) electrons. The summed E-state index contributed by atoms with van der Waals surface area (Å²) in [6.07, 6.45) is 34.0. The van der Waals surface area contributed by atoms with Gasteiger partial charge in [0.05, 0.1) is 6.61 Å². The number of unbranched alkanes of at least 4 members (excludes halogenated alkanes) is 21. The monoisotopic (exact) mass is 566 g/mol. The number of hydrogen-bond donors (Lipinski definition) is 1. The van der Waals surface area contributed by atoms with Gasteiger partial charge in [-0.05, 0) is 38.5 Å². The fraction of sp³-hybridized carbons (Fsp3) is 0.886. The van der Waals surface area contributed by atoms with Gasteiger partial charge in [-0.3, -0.25) is 9.59 Å². The summed E-state index contributed by atoms with van der Waals surface area (Å²) in [6.45, 7) is 4.11. The van der Waals surface area contributed by atoms with Gasteiger partial charge in [0.2, 0.25) is 0 Å². The summed E-state index contributed by atoms with van der Waals surface area (Å²) in [7, 11) is 0. The summed E-state index contributed by atoms with van der Waals surface area (Å²) in [6, 6.07) is 0. The summed E-state index contributed by atoms with van der Waals surface area (Å²) in [4.78, 5) is 24.1. The molecule has 40 heavy (non-hydrogen) atoms. The van der Waals surface area contributed by atoms with E-state index in [-0.39, 0.29) is 25.2 Å². The Bertz CT molecular complexity index is 574. The fourth-order valence-electron chi connectivity index (χ4n) is 4.90. The van der Waals surface area contributed by atoms with Crippen LogP contribution in [-0.2, 0) is 19.1 Å². The molecule has 0 aromatic carbocycles. The second-order valence-corrected chi connectivity index (χ2v) is 11.6. The minimum atomic E-state index is -0.767. The van der Waals surface area contributed by atoms with Crippen molar-refractivity contribution in [1.29, 1.82) is 0 Å². The van der Waals surface area contributed by atoms with Crippen LogP contribution in [0.15, 0.2) is 12.2 Å². The minimum Gasteiger partial charge on any atom is -0.462 e. The van der Waals surface area contributed by atoms with Crippen molar-refractivity contribution in [2.45, 2.75) is 187 Å². The van der Waals surface area contributed by atoms with Crippen LogP contribution in [0.3, 0.4) is 0 Å². The first-order valence-corrected chi connectivity index (χ1v) is 17.2. The Morgan fingerprint density at radius 3 is 1.35 bits per heavy atom. The van der Waals surface area contributed by atoms with Crippen molar-refractivity contribution in [2.75, 3.05) is 13.2 Å². The number of hydrogen-bond acceptors (Lipinski definition) is 5. The molecule has 0 heterocycles. The van der Waals surface area contributed by atoms with E-state index in [1.807, 2.05) is 0 Å². The lowest BCUT2D eigenvalue weighted by molar-refractivity contribution is -0.161. The molecule has 1 N–H and O–H groups in total. The highest BCUT2D eigenvalue weighted by Gasteiger charge is 2.16. The third kappa shape index (κ3) is 29.6. The summed E-state index contributed by atoms with van der Waals surface area (Å²) in [5.41, 5.74) is 0. The number of rotatable bonds is 31. The van der Waals surface area contributed by atoms with Crippen molar-refractivity contribution in [3.8, 4) is 0 Å². The zero-order valence-electron chi connectivity index (χ0n) is 26.6. The van der Waals surface area contributed by atoms with Crippen molar-refractivity contribution in [3.63, 3.8) is 0 Å². The van der Waals surface area contributed by atoms with Crippen molar-refractivity contribution >= 4 is 11.9 Å². The average Bonchev–Trinajstić information content (AvgIpc) is 2.96. The van der Waals surface area contributed by atoms with Gasteiger partial charge in [0.1, 0.15) is 6.61 Å². The van der Waals surface area contributed by atoms with E-state index in [0.29, 0.717) is 12.8 Å². The fourth-order valence-corrected chi connectivity index (χ4v) is 4.90. The van der Waals surface area contributed by atoms with E-state index in [1.165, 1.54) is 109 Å². The zero-order valence-corrected chi connectivity index (χ0v) is 26.6. The quantitative estimate of drug-likeness (QED) is 0.0513. The molecule has 0 aliphatic carbocycles. The summed E-state index contributed by atoms with van der Waals surface area (Å²) < 4.78 is 10.5. The lowest BCUT2D eigenvalue weighted by Gasteiger charge is -2.15. The molecule has 0 bridgehead atoms. The largest absolute Gasteiger partial charge is 0.462 e. The molecule has 5 nitrogen and oxygen atoms in total. The van der Waals surface area contributed by atoms with Gasteiger partial charge in [0, 0.05) is 12.8 Å². The van der Waals surface area contributed by atoms with E-state index in [9.17, 15) is 14.7 Å². The SMILES string of the molecule is CCCCCCC/C=C\CCCCCCCC(=O)O[C@@H](CO)COC(=O)CCCCCCCCCCCCCC. The van der Waals surface area contributed by atoms with Crippen LogP contribution in [0.4, 0.5) is 0 Å². The standard InChI is InChI=1S/C35H66O5/c1-3-5-7-9-11-13-15-17-18-20-22-24-26-28-30-35(38)40-33(31-36)32-39-34(37)29-27-25-23-21-19-16-14-12-10-8-6-4-2/h15,17,33,36H,3-14,16,18-32H2,1-2H3/b17-15-/t33-/m0/s1. The molecule has 0 aromatic heterocycles. The second kappa shape index (κ2) is 32.2. The molecule has 0 aliphatic rings. The molecule has 0 fully saturated rings. The molecule has 0 aliphatic heterocycles. The normalized spacial score (nSPS) is 12.2. The number of esters is 2. The highest BCUT2D eigenvalue weighted by molar-refractivity contribution is 5.70. The second-order valence-electron chi connectivity index (χ2n) is 11.6. The Kier molecular flexibility index (Phi) is 31.1. The van der Waals surface area contributed by atoms with Gasteiger partial charge >= 0.3 is 11.9 Å². The number of aliphatic hydroxyl groups excluding tert-OH is 1. The van der Waals surface area contributed by atoms with Crippen LogP contribution in [0.2, 0.25) is 0 Å². The van der Waals surface area contributed by atoms with E-state index in [1.54, 1.807) is 0 Å². The van der Waals surface area contributed by atoms with Gasteiger partial charge < -0.3 is 14.6 Å². The molecule has 0 saturated carbocycles. The van der Waals surface area contributed by atoms with E-state index in [0.717, 1.165) is 44.9 Å². The van der Waals surface area contributed by atoms with Crippen molar-refractivity contribution in [2.24, 2.45) is 0 Å². The van der Waals surface area contributed by atoms with Crippen molar-refractivity contribution in [1.82, 2.24) is 0 Å². The van der Waals surface area contributed by atoms with Crippen LogP contribution in [0.5, 0.6) is 0 Å². The number of allylic oxidation sites excluding steroid dienone is 2. The van der Waals surface area contributed by atoms with Crippen LogP contribution < -0.4 is 0 Å². The summed E-state index contributed by atoms with van der Waals surface area (Å²) in [5.74, 6) is -0.596. The van der Waals surface area contributed by atoms with Gasteiger partial charge in [-0.2, -0.15) is 0 Å². The van der Waals surface area contributed by atoms with Crippen LogP contribution in [0.1, 0.15) is 181 Å². The topological polar surface area (TPSA) is 72.8 Å². The molecule has 5 heteroatoms. The molecular weight excluding hydrogens is 500 g/mol. The average molecular weight is 567 g/mol. The molecule has 0 aromatic rings. The number of aliphatic hydroxyl groups is 1. The maximum atomic E-state index is 12.1. The van der Waals surface area contributed by atoms with Crippen molar-refractivity contribution in [3.05, 3.63) is 12.2 Å². The summed E-state index contributed by atoms with van der Waals surface area (Å²) in [5, 5.41) is 9.50. The molecule has 0 unspecified atom stereocenters. The predicted octanol–water partition coefficient (Wildman–Crippen LogP) is 10.2. The smallest absolute Gasteiger partial charge is 0.306 e. The molecule has 0 spiro atoms. The van der Waals surface area contributed by atoms with Crippen LogP contribution in [-0.4, -0.2) is 36.4 Å². The Morgan fingerprint density at radius 1 is 0.550 bits per heavy atom. The highest BCUT2D eigenvalue weighted by Crippen LogP contribution is 2.13. The Hall–Kier alpha value is -1.36. The molecule has 236 valence electrons. The molecular formula is C35H66O5. The lowest BCUT2D eigenvalue weighted by Crippen LogP contribution is -2.28. The first-order chi connectivity index (χ1) is 19.6. The lowest BCUT2D eigenvalue weighted by atomic mass is 10.0. The van der Waals surface area contributed by atoms with Gasteiger partial charge in [-0.15, -0.1) is 0 Å². The maximum Gasteiger partial charge on any atom is 0.306 e. The first kappa shape index (κ1) is 38.6. The van der Waals surface area contributed by atoms with E-state index in [2.05, 4.69) is 26.0 Å². The number of carbonyl (C=O) groups is 2. The number of ether oxygens (including phenoxy) is 2. The van der Waals surface area contributed by atoms with E-state index >= 15 is 0 Å². The molecule has 0 saturated heterocycles. The van der Waals surface area contributed by atoms with Crippen LogP contribution in [0.25, 0.3) is 0 Å². The third-order valence-corrected chi connectivity index (χ3v) is 7.56. The van der Waals surface area contributed by atoms with Gasteiger partial charge in [0.15, 0.2) is 6.10 Å².